The summed E-state index contributed by atoms with van der Waals surface area (Å²) in [5, 5.41) is 5.52. The average Bonchev–Trinajstić information content (AvgIpc) is 2.79. The molecule has 7 rings (SSSR count). The fraction of sp³-hybridized carbons (Fsp3) is 0.179. The second-order valence-corrected chi connectivity index (χ2v) is 8.85. The van der Waals surface area contributed by atoms with E-state index in [0.717, 1.165) is 22.9 Å². The monoisotopic (exact) mass is 389 g/mol. The van der Waals surface area contributed by atoms with Gasteiger partial charge in [0, 0.05) is 22.9 Å². The molecular formula is C28H23NO. The maximum Gasteiger partial charge on any atom is 0.231 e. The van der Waals surface area contributed by atoms with Crippen molar-refractivity contribution in [2.45, 2.75) is 25.2 Å². The van der Waals surface area contributed by atoms with Crippen molar-refractivity contribution in [2.24, 2.45) is 5.41 Å². The Balaban J connectivity index is 1.46. The molecular weight excluding hydrogens is 366 g/mol. The summed E-state index contributed by atoms with van der Waals surface area (Å²) in [7, 11) is 0. The van der Waals surface area contributed by atoms with Crippen molar-refractivity contribution < 1.29 is 4.79 Å². The van der Waals surface area contributed by atoms with E-state index in [1.807, 2.05) is 24.3 Å². The molecule has 3 aliphatic carbocycles. The summed E-state index contributed by atoms with van der Waals surface area (Å²) in [6.07, 6.45) is 0.836. The largest absolute Gasteiger partial charge is 0.325 e. The van der Waals surface area contributed by atoms with Crippen LogP contribution in [0.3, 0.4) is 0 Å². The Morgan fingerprint density at radius 1 is 0.767 bits per heavy atom. The van der Waals surface area contributed by atoms with Gasteiger partial charge in [-0.3, -0.25) is 4.79 Å². The molecule has 0 unspecified atom stereocenters. The van der Waals surface area contributed by atoms with Crippen molar-refractivity contribution in [3.05, 3.63) is 113 Å². The lowest BCUT2D eigenvalue weighted by molar-refractivity contribution is -0.126. The van der Waals surface area contributed by atoms with Crippen molar-refractivity contribution in [3.8, 4) is 0 Å². The van der Waals surface area contributed by atoms with Crippen LogP contribution in [-0.4, -0.2) is 5.91 Å². The number of carbonyl (C=O) groups excluding carboxylic acids is 1. The number of benzene rings is 4. The first kappa shape index (κ1) is 17.5. The van der Waals surface area contributed by atoms with Crippen LogP contribution in [0.5, 0.6) is 0 Å². The first-order chi connectivity index (χ1) is 14.7. The molecule has 0 fully saturated rings. The number of hydrogen-bond donors (Lipinski definition) is 1. The Morgan fingerprint density at radius 3 is 2.03 bits per heavy atom. The van der Waals surface area contributed by atoms with Gasteiger partial charge in [0.25, 0.3) is 0 Å². The van der Waals surface area contributed by atoms with Crippen molar-refractivity contribution in [1.29, 1.82) is 0 Å². The minimum Gasteiger partial charge on any atom is -0.325 e. The van der Waals surface area contributed by atoms with Gasteiger partial charge in [-0.25, -0.2) is 0 Å². The number of hydrogen-bond acceptors (Lipinski definition) is 1. The molecule has 0 heterocycles. The van der Waals surface area contributed by atoms with Crippen LogP contribution in [0.25, 0.3) is 10.8 Å². The summed E-state index contributed by atoms with van der Waals surface area (Å²) in [4.78, 5) is 13.8. The van der Waals surface area contributed by atoms with Gasteiger partial charge in [-0.15, -0.1) is 0 Å². The summed E-state index contributed by atoms with van der Waals surface area (Å²) in [5.41, 5.74) is 5.78. The molecule has 0 aromatic heterocycles. The SMILES string of the molecule is C[C@]1(C(=O)Nc2cccc3ccccc23)CC2c3ccccc3C1c1ccccc12. The van der Waals surface area contributed by atoms with Crippen LogP contribution in [0.1, 0.15) is 47.4 Å². The van der Waals surface area contributed by atoms with Crippen molar-refractivity contribution in [1.82, 2.24) is 0 Å². The summed E-state index contributed by atoms with van der Waals surface area (Å²) in [5.74, 6) is 0.452. The molecule has 2 bridgehead atoms. The Bertz CT molecular complexity index is 1250. The van der Waals surface area contributed by atoms with E-state index in [4.69, 9.17) is 0 Å². The van der Waals surface area contributed by atoms with Crippen LogP contribution in [0, 0.1) is 5.41 Å². The molecule has 0 aliphatic heterocycles. The summed E-state index contributed by atoms with van der Waals surface area (Å²) in [6.45, 7) is 2.15. The van der Waals surface area contributed by atoms with Gasteiger partial charge in [-0.05, 0) is 47.1 Å². The lowest BCUT2D eigenvalue weighted by Crippen LogP contribution is -2.47. The third-order valence-corrected chi connectivity index (χ3v) is 7.19. The minimum atomic E-state index is -0.496. The van der Waals surface area contributed by atoms with E-state index in [9.17, 15) is 4.79 Å². The molecule has 1 atom stereocenters. The number of rotatable bonds is 2. The quantitative estimate of drug-likeness (QED) is 0.418. The highest BCUT2D eigenvalue weighted by atomic mass is 16.2. The van der Waals surface area contributed by atoms with E-state index < -0.39 is 5.41 Å². The van der Waals surface area contributed by atoms with Crippen LogP contribution in [0.4, 0.5) is 5.69 Å². The Morgan fingerprint density at radius 2 is 1.33 bits per heavy atom. The van der Waals surface area contributed by atoms with Crippen LogP contribution in [0.2, 0.25) is 0 Å². The van der Waals surface area contributed by atoms with Crippen LogP contribution < -0.4 is 5.32 Å². The zero-order chi connectivity index (χ0) is 20.3. The molecule has 1 N–H and O–H groups in total. The molecule has 4 aromatic rings. The van der Waals surface area contributed by atoms with E-state index in [0.29, 0.717) is 0 Å². The fourth-order valence-corrected chi connectivity index (χ4v) is 5.79. The predicted molar refractivity (Wildman–Crippen MR) is 122 cm³/mol. The first-order valence-electron chi connectivity index (χ1n) is 10.6. The number of anilines is 1. The van der Waals surface area contributed by atoms with Gasteiger partial charge in [-0.1, -0.05) is 84.9 Å². The van der Waals surface area contributed by atoms with Crippen LogP contribution in [0.15, 0.2) is 91.0 Å². The van der Waals surface area contributed by atoms with Crippen LogP contribution in [-0.2, 0) is 4.79 Å². The second-order valence-electron chi connectivity index (χ2n) is 8.85. The van der Waals surface area contributed by atoms with E-state index in [1.54, 1.807) is 0 Å². The van der Waals surface area contributed by atoms with Gasteiger partial charge in [0.15, 0.2) is 0 Å². The minimum absolute atomic E-state index is 0.0740. The molecule has 0 saturated carbocycles. The molecule has 3 aliphatic rings. The lowest BCUT2D eigenvalue weighted by atomic mass is 9.52. The zero-order valence-electron chi connectivity index (χ0n) is 16.9. The lowest BCUT2D eigenvalue weighted by Gasteiger charge is -2.50. The first-order valence-corrected chi connectivity index (χ1v) is 10.6. The Labute approximate surface area is 176 Å². The van der Waals surface area contributed by atoms with Crippen LogP contribution >= 0.6 is 0 Å². The van der Waals surface area contributed by atoms with Gasteiger partial charge in [0.05, 0.1) is 5.41 Å². The molecule has 1 amide bonds. The van der Waals surface area contributed by atoms with Gasteiger partial charge in [0.2, 0.25) is 5.91 Å². The number of amides is 1. The summed E-state index contributed by atoms with van der Waals surface area (Å²) >= 11 is 0. The second kappa shape index (κ2) is 6.30. The number of nitrogens with one attached hydrogen (secondary N) is 1. The normalized spacial score (nSPS) is 23.6. The topological polar surface area (TPSA) is 29.1 Å². The highest BCUT2D eigenvalue weighted by Gasteiger charge is 2.53. The Hall–Kier alpha value is -3.39. The fourth-order valence-electron chi connectivity index (χ4n) is 5.79. The van der Waals surface area contributed by atoms with Crippen molar-refractivity contribution >= 4 is 22.4 Å². The smallest absolute Gasteiger partial charge is 0.231 e. The molecule has 2 heteroatoms. The highest BCUT2D eigenvalue weighted by molar-refractivity contribution is 6.04. The molecule has 2 nitrogen and oxygen atoms in total. The molecule has 0 radical (unpaired) electrons. The molecule has 4 aromatic carbocycles. The number of fused-ring (bicyclic) bond motifs is 2. The maximum atomic E-state index is 13.8. The standard InChI is InChI=1S/C28H23NO/c1-28(27(30)29-25-16-8-10-18-9-2-3-11-19(18)25)17-24-20-12-4-6-14-22(20)26(28)23-15-7-5-13-21(23)24/h2-16,24,26H,17H2,1H3,(H,29,30)/t24?,26?,28-/m0/s1. The molecule has 146 valence electrons. The van der Waals surface area contributed by atoms with E-state index >= 15 is 0 Å². The van der Waals surface area contributed by atoms with E-state index in [2.05, 4.69) is 79.0 Å². The molecule has 0 saturated heterocycles. The maximum absolute atomic E-state index is 13.8. The van der Waals surface area contributed by atoms with Gasteiger partial charge < -0.3 is 5.32 Å². The van der Waals surface area contributed by atoms with Gasteiger partial charge in [0.1, 0.15) is 0 Å². The third-order valence-electron chi connectivity index (χ3n) is 7.19. The summed E-state index contributed by atoms with van der Waals surface area (Å²) in [6, 6.07) is 31.7. The van der Waals surface area contributed by atoms with E-state index in [1.165, 1.54) is 22.3 Å². The third kappa shape index (κ3) is 2.34. The van der Waals surface area contributed by atoms with Gasteiger partial charge >= 0.3 is 0 Å². The van der Waals surface area contributed by atoms with E-state index in [-0.39, 0.29) is 17.7 Å². The Kier molecular flexibility index (Phi) is 3.67. The average molecular weight is 389 g/mol. The molecule has 30 heavy (non-hydrogen) atoms. The summed E-state index contributed by atoms with van der Waals surface area (Å²) < 4.78 is 0. The van der Waals surface area contributed by atoms with Crippen molar-refractivity contribution in [3.63, 3.8) is 0 Å². The highest BCUT2D eigenvalue weighted by Crippen LogP contribution is 2.61. The predicted octanol–water partition coefficient (Wildman–Crippen LogP) is 6.47. The number of carbonyl (C=O) groups is 1. The van der Waals surface area contributed by atoms with Crippen molar-refractivity contribution in [2.75, 3.05) is 5.32 Å². The van der Waals surface area contributed by atoms with Gasteiger partial charge in [-0.2, -0.15) is 0 Å². The molecule has 0 spiro atoms. The zero-order valence-corrected chi connectivity index (χ0v) is 16.9.